The van der Waals surface area contributed by atoms with Crippen molar-refractivity contribution in [3.05, 3.63) is 42.2 Å². The zero-order valence-corrected chi connectivity index (χ0v) is 12.6. The topological polar surface area (TPSA) is 85.3 Å². The molecule has 0 saturated heterocycles. The maximum absolute atomic E-state index is 11.1. The first-order valence-corrected chi connectivity index (χ1v) is 8.61. The summed E-state index contributed by atoms with van der Waals surface area (Å²) < 4.78 is 27.4. The molecule has 0 aliphatic heterocycles. The van der Waals surface area contributed by atoms with Crippen molar-refractivity contribution in [3.8, 4) is 0 Å². The molecule has 0 aliphatic carbocycles. The van der Waals surface area contributed by atoms with Gasteiger partial charge < -0.3 is 9.73 Å². The molecular formula is C13H16N2O3S2. The van der Waals surface area contributed by atoms with Crippen LogP contribution >= 0.6 is 11.8 Å². The molecule has 5 nitrogen and oxygen atoms in total. The highest BCUT2D eigenvalue weighted by Crippen LogP contribution is 2.27. The van der Waals surface area contributed by atoms with Crippen LogP contribution in [-0.2, 0) is 16.6 Å². The van der Waals surface area contributed by atoms with Gasteiger partial charge in [0.15, 0.2) is 0 Å². The molecule has 2 aromatic rings. The fourth-order valence-corrected chi connectivity index (χ4v) is 2.94. The van der Waals surface area contributed by atoms with E-state index in [2.05, 4.69) is 12.2 Å². The Labute approximate surface area is 122 Å². The quantitative estimate of drug-likeness (QED) is 0.801. The number of hydrogen-bond acceptors (Lipinski definition) is 5. The largest absolute Gasteiger partial charge is 0.446 e. The zero-order valence-electron chi connectivity index (χ0n) is 11.0. The summed E-state index contributed by atoms with van der Waals surface area (Å²) in [6, 6.07) is 10.9. The molecule has 0 saturated carbocycles. The van der Waals surface area contributed by atoms with Crippen LogP contribution in [0.1, 0.15) is 12.7 Å². The van der Waals surface area contributed by atoms with Crippen molar-refractivity contribution in [2.45, 2.75) is 23.5 Å². The van der Waals surface area contributed by atoms with Crippen LogP contribution in [0.2, 0.25) is 0 Å². The molecule has 0 amide bonds. The maximum atomic E-state index is 11.1. The Morgan fingerprint density at radius 2 is 2.00 bits per heavy atom. The van der Waals surface area contributed by atoms with Gasteiger partial charge in [0.25, 0.3) is 10.0 Å². The van der Waals surface area contributed by atoms with E-state index in [4.69, 9.17) is 9.56 Å². The average molecular weight is 312 g/mol. The minimum absolute atomic E-state index is 0.217. The van der Waals surface area contributed by atoms with Gasteiger partial charge in [-0.2, -0.15) is 0 Å². The van der Waals surface area contributed by atoms with E-state index in [1.165, 1.54) is 6.07 Å². The third-order valence-corrected chi connectivity index (χ3v) is 4.29. The molecule has 1 heterocycles. The van der Waals surface area contributed by atoms with Crippen LogP contribution in [-0.4, -0.2) is 14.2 Å². The second-order valence-corrected chi connectivity index (χ2v) is 6.85. The highest BCUT2D eigenvalue weighted by Gasteiger charge is 2.13. The molecule has 2 rings (SSSR count). The van der Waals surface area contributed by atoms with Crippen LogP contribution in [0, 0.1) is 0 Å². The van der Waals surface area contributed by atoms with Gasteiger partial charge >= 0.3 is 0 Å². The molecule has 0 atom stereocenters. The molecular weight excluding hydrogens is 296 g/mol. The third kappa shape index (κ3) is 3.78. The smallest absolute Gasteiger partial charge is 0.271 e. The molecule has 1 aromatic heterocycles. The lowest BCUT2D eigenvalue weighted by molar-refractivity contribution is 0.419. The Morgan fingerprint density at radius 1 is 1.25 bits per heavy atom. The number of benzene rings is 1. The predicted molar refractivity (Wildman–Crippen MR) is 80.2 cm³/mol. The van der Waals surface area contributed by atoms with E-state index >= 15 is 0 Å². The molecule has 108 valence electrons. The van der Waals surface area contributed by atoms with Gasteiger partial charge in [-0.25, -0.2) is 13.6 Å². The van der Waals surface area contributed by atoms with E-state index in [1.807, 2.05) is 24.3 Å². The maximum Gasteiger partial charge on any atom is 0.271 e. The summed E-state index contributed by atoms with van der Waals surface area (Å²) in [6.07, 6.45) is 0. The number of para-hydroxylation sites is 1. The molecule has 0 radical (unpaired) electrons. The number of nitrogens with one attached hydrogen (secondary N) is 1. The minimum Gasteiger partial charge on any atom is -0.446 e. The number of anilines is 1. The number of thioether (sulfide) groups is 1. The summed E-state index contributed by atoms with van der Waals surface area (Å²) in [7, 11) is -3.78. The second kappa shape index (κ2) is 6.34. The van der Waals surface area contributed by atoms with Gasteiger partial charge in [0.2, 0.25) is 5.09 Å². The molecule has 0 spiro atoms. The van der Waals surface area contributed by atoms with E-state index < -0.39 is 10.0 Å². The van der Waals surface area contributed by atoms with Gasteiger partial charge in [-0.05, 0) is 30.0 Å². The van der Waals surface area contributed by atoms with Crippen LogP contribution < -0.4 is 10.5 Å². The molecule has 20 heavy (non-hydrogen) atoms. The highest BCUT2D eigenvalue weighted by atomic mass is 32.2. The van der Waals surface area contributed by atoms with Crippen LogP contribution in [0.4, 0.5) is 5.69 Å². The number of sulfonamides is 1. The average Bonchev–Trinajstić information content (AvgIpc) is 2.87. The summed E-state index contributed by atoms with van der Waals surface area (Å²) in [4.78, 5) is 1.15. The Hall–Kier alpha value is -1.44. The van der Waals surface area contributed by atoms with Crippen LogP contribution in [0.3, 0.4) is 0 Å². The summed E-state index contributed by atoms with van der Waals surface area (Å²) in [6.45, 7) is 2.49. The molecule has 0 fully saturated rings. The van der Waals surface area contributed by atoms with Crippen LogP contribution in [0.25, 0.3) is 0 Å². The molecule has 3 N–H and O–H groups in total. The Kier molecular flexibility index (Phi) is 4.74. The highest BCUT2D eigenvalue weighted by molar-refractivity contribution is 7.99. The van der Waals surface area contributed by atoms with Crippen molar-refractivity contribution in [1.29, 1.82) is 0 Å². The lowest BCUT2D eigenvalue weighted by Crippen LogP contribution is -2.10. The molecule has 0 unspecified atom stereocenters. The van der Waals surface area contributed by atoms with Crippen LogP contribution in [0.15, 0.2) is 50.8 Å². The molecule has 0 bridgehead atoms. The molecule has 1 aromatic carbocycles. The monoisotopic (exact) mass is 312 g/mol. The second-order valence-electron chi connectivity index (χ2n) is 4.05. The number of nitrogens with two attached hydrogens (primary N) is 1. The van der Waals surface area contributed by atoms with Gasteiger partial charge in [0.1, 0.15) is 5.76 Å². The Morgan fingerprint density at radius 3 is 2.65 bits per heavy atom. The first kappa shape index (κ1) is 15.0. The zero-order chi connectivity index (χ0) is 14.6. The van der Waals surface area contributed by atoms with Crippen molar-refractivity contribution in [2.75, 3.05) is 11.1 Å². The third-order valence-electron chi connectivity index (χ3n) is 2.56. The fraction of sp³-hybridized carbons (Fsp3) is 0.231. The standard InChI is InChI=1S/C13H16N2O3S2/c1-2-19-12-6-4-3-5-11(12)15-9-10-7-8-13(18-10)20(14,16)17/h3-8,15H,2,9H2,1H3,(H2,14,16,17). The van der Waals surface area contributed by atoms with Crippen molar-refractivity contribution >= 4 is 27.5 Å². The summed E-state index contributed by atoms with van der Waals surface area (Å²) in [5.41, 5.74) is 0.993. The van der Waals surface area contributed by atoms with E-state index in [9.17, 15) is 8.42 Å². The summed E-state index contributed by atoms with van der Waals surface area (Å²) in [5.74, 6) is 1.50. The van der Waals surface area contributed by atoms with Gasteiger partial charge in [-0.15, -0.1) is 11.8 Å². The Balaban J connectivity index is 2.07. The van der Waals surface area contributed by atoms with Gasteiger partial charge in [0, 0.05) is 10.6 Å². The number of hydrogen-bond donors (Lipinski definition) is 2. The molecule has 7 heteroatoms. The first-order chi connectivity index (χ1) is 9.50. The van der Waals surface area contributed by atoms with E-state index in [-0.39, 0.29) is 5.09 Å². The van der Waals surface area contributed by atoms with Crippen molar-refractivity contribution in [2.24, 2.45) is 5.14 Å². The minimum atomic E-state index is -3.78. The van der Waals surface area contributed by atoms with E-state index in [1.54, 1.807) is 17.8 Å². The van der Waals surface area contributed by atoms with Gasteiger partial charge in [-0.3, -0.25) is 0 Å². The van der Waals surface area contributed by atoms with Gasteiger partial charge in [0.05, 0.1) is 6.54 Å². The Bertz CT molecular complexity index is 680. The summed E-state index contributed by atoms with van der Waals surface area (Å²) >= 11 is 1.74. The normalized spacial score (nSPS) is 11.5. The van der Waals surface area contributed by atoms with Crippen molar-refractivity contribution < 1.29 is 12.8 Å². The van der Waals surface area contributed by atoms with E-state index in [0.29, 0.717) is 12.3 Å². The lowest BCUT2D eigenvalue weighted by Gasteiger charge is -2.09. The van der Waals surface area contributed by atoms with Gasteiger partial charge in [-0.1, -0.05) is 19.1 Å². The van der Waals surface area contributed by atoms with E-state index in [0.717, 1.165) is 16.3 Å². The number of furan rings is 1. The first-order valence-electron chi connectivity index (χ1n) is 6.08. The van der Waals surface area contributed by atoms with Crippen molar-refractivity contribution in [1.82, 2.24) is 0 Å². The summed E-state index contributed by atoms with van der Waals surface area (Å²) in [5, 5.41) is 8.01. The SMILES string of the molecule is CCSc1ccccc1NCc1ccc(S(N)(=O)=O)o1. The predicted octanol–water partition coefficient (Wildman–Crippen LogP) is 2.65. The molecule has 0 aliphatic rings. The fourth-order valence-electron chi connectivity index (χ4n) is 1.68. The number of rotatable bonds is 6. The van der Waals surface area contributed by atoms with Crippen LogP contribution in [0.5, 0.6) is 0 Å². The number of primary sulfonamides is 1. The van der Waals surface area contributed by atoms with Crippen molar-refractivity contribution in [3.63, 3.8) is 0 Å². The lowest BCUT2D eigenvalue weighted by atomic mass is 10.3.